The third-order valence-corrected chi connectivity index (χ3v) is 3.18. The van der Waals surface area contributed by atoms with Crippen LogP contribution in [0.2, 0.25) is 0 Å². The number of carbonyl (C=O) groups is 2. The van der Waals surface area contributed by atoms with Crippen molar-refractivity contribution in [2.45, 2.75) is 32.9 Å². The molecule has 1 aromatic heterocycles. The van der Waals surface area contributed by atoms with Gasteiger partial charge in [-0.3, -0.25) is 4.79 Å². The minimum Gasteiger partial charge on any atom is -0.480 e. The van der Waals surface area contributed by atoms with Crippen molar-refractivity contribution >= 4 is 22.9 Å². The first-order valence-electron chi connectivity index (χ1n) is 6.89. The summed E-state index contributed by atoms with van der Waals surface area (Å²) < 4.78 is 1.71. The summed E-state index contributed by atoms with van der Waals surface area (Å²) in [6.45, 7) is 3.90. The fraction of sp³-hybridized carbons (Fsp3) is 0.400. The van der Waals surface area contributed by atoms with Gasteiger partial charge in [0.25, 0.3) is 0 Å². The van der Waals surface area contributed by atoms with E-state index in [2.05, 4.69) is 10.3 Å². The van der Waals surface area contributed by atoms with Gasteiger partial charge in [0, 0.05) is 0 Å². The number of nitrogens with zero attached hydrogens (tertiary/aromatic N) is 2. The molecule has 0 spiro atoms. The number of carbonyl (C=O) groups excluding carboxylic acids is 1. The van der Waals surface area contributed by atoms with Gasteiger partial charge in [-0.1, -0.05) is 26.0 Å². The van der Waals surface area contributed by atoms with Crippen molar-refractivity contribution < 1.29 is 14.7 Å². The van der Waals surface area contributed by atoms with Crippen LogP contribution in [-0.4, -0.2) is 32.6 Å². The van der Waals surface area contributed by atoms with Crippen molar-refractivity contribution in [2.24, 2.45) is 5.92 Å². The van der Waals surface area contributed by atoms with E-state index in [1.54, 1.807) is 10.9 Å². The Morgan fingerprint density at radius 3 is 2.71 bits per heavy atom. The minimum atomic E-state index is -1.01. The second-order valence-electron chi connectivity index (χ2n) is 5.45. The first kappa shape index (κ1) is 15.0. The van der Waals surface area contributed by atoms with Gasteiger partial charge in [0.1, 0.15) is 12.6 Å². The lowest BCUT2D eigenvalue weighted by Gasteiger charge is -2.16. The number of imidazole rings is 1. The maximum Gasteiger partial charge on any atom is 0.326 e. The zero-order valence-electron chi connectivity index (χ0n) is 12.1. The predicted molar refractivity (Wildman–Crippen MR) is 78.8 cm³/mol. The van der Waals surface area contributed by atoms with Crippen LogP contribution in [0.25, 0.3) is 11.0 Å². The summed E-state index contributed by atoms with van der Waals surface area (Å²) >= 11 is 0. The molecule has 0 saturated heterocycles. The predicted octanol–water partition coefficient (Wildman–Crippen LogP) is 1.65. The van der Waals surface area contributed by atoms with E-state index in [1.807, 2.05) is 38.1 Å². The number of nitrogens with one attached hydrogen (secondary N) is 1. The second kappa shape index (κ2) is 6.39. The summed E-state index contributed by atoms with van der Waals surface area (Å²) in [5, 5.41) is 11.7. The molecular weight excluding hydrogens is 270 g/mol. The number of hydrogen-bond acceptors (Lipinski definition) is 3. The molecule has 2 N–H and O–H groups in total. The van der Waals surface area contributed by atoms with Crippen LogP contribution in [0.15, 0.2) is 30.6 Å². The molecule has 6 heteroatoms. The minimum absolute atomic E-state index is 0.0579. The number of para-hydroxylation sites is 2. The molecule has 0 aliphatic rings. The molecule has 0 aliphatic carbocycles. The highest BCUT2D eigenvalue weighted by molar-refractivity contribution is 5.84. The van der Waals surface area contributed by atoms with Crippen LogP contribution in [0, 0.1) is 5.92 Å². The van der Waals surface area contributed by atoms with Crippen LogP contribution in [0.1, 0.15) is 20.3 Å². The lowest BCUT2D eigenvalue weighted by atomic mass is 10.0. The van der Waals surface area contributed by atoms with Gasteiger partial charge in [-0.25, -0.2) is 9.78 Å². The highest BCUT2D eigenvalue weighted by Gasteiger charge is 2.21. The molecule has 0 fully saturated rings. The Hall–Kier alpha value is -2.37. The van der Waals surface area contributed by atoms with Crippen molar-refractivity contribution in [1.29, 1.82) is 0 Å². The number of carboxylic acids is 1. The summed E-state index contributed by atoms with van der Waals surface area (Å²) in [5.41, 5.74) is 1.66. The zero-order chi connectivity index (χ0) is 15.4. The molecule has 1 heterocycles. The Morgan fingerprint density at radius 1 is 1.33 bits per heavy atom. The van der Waals surface area contributed by atoms with Crippen LogP contribution in [0.3, 0.4) is 0 Å². The standard InChI is InChI=1S/C15H19N3O3/c1-10(2)7-12(15(20)21)17-14(19)8-18-9-16-11-5-3-4-6-13(11)18/h3-6,9-10,12H,7-8H2,1-2H3,(H,17,19)(H,20,21). The van der Waals surface area contributed by atoms with Crippen LogP contribution >= 0.6 is 0 Å². The number of aromatic nitrogens is 2. The molecule has 21 heavy (non-hydrogen) atoms. The average Bonchev–Trinajstić information content (AvgIpc) is 2.81. The summed E-state index contributed by atoms with van der Waals surface area (Å²) in [6.07, 6.45) is 1.99. The van der Waals surface area contributed by atoms with Gasteiger partial charge in [-0.05, 0) is 24.5 Å². The molecule has 6 nitrogen and oxygen atoms in total. The number of benzene rings is 1. The third-order valence-electron chi connectivity index (χ3n) is 3.18. The van der Waals surface area contributed by atoms with E-state index in [0.717, 1.165) is 11.0 Å². The molecule has 0 radical (unpaired) electrons. The summed E-state index contributed by atoms with van der Waals surface area (Å²) in [7, 11) is 0. The molecule has 2 rings (SSSR count). The summed E-state index contributed by atoms with van der Waals surface area (Å²) in [6, 6.07) is 6.63. The fourth-order valence-corrected chi connectivity index (χ4v) is 2.22. The first-order chi connectivity index (χ1) is 9.97. The number of carboxylic acid groups (broad SMARTS) is 1. The number of rotatable bonds is 6. The van der Waals surface area contributed by atoms with Crippen LogP contribution in [-0.2, 0) is 16.1 Å². The zero-order valence-corrected chi connectivity index (χ0v) is 12.1. The Bertz CT molecular complexity index is 648. The highest BCUT2D eigenvalue weighted by atomic mass is 16.4. The maximum atomic E-state index is 12.0. The van der Waals surface area contributed by atoms with E-state index in [-0.39, 0.29) is 18.4 Å². The molecule has 1 atom stereocenters. The second-order valence-corrected chi connectivity index (χ2v) is 5.45. The van der Waals surface area contributed by atoms with E-state index in [0.29, 0.717) is 6.42 Å². The Balaban J connectivity index is 2.05. The Labute approximate surface area is 122 Å². The fourth-order valence-electron chi connectivity index (χ4n) is 2.22. The number of amides is 1. The molecule has 1 amide bonds. The topological polar surface area (TPSA) is 84.2 Å². The van der Waals surface area contributed by atoms with Crippen LogP contribution < -0.4 is 5.32 Å². The monoisotopic (exact) mass is 289 g/mol. The largest absolute Gasteiger partial charge is 0.480 e. The van der Waals surface area contributed by atoms with E-state index >= 15 is 0 Å². The molecule has 0 aliphatic heterocycles. The molecule has 112 valence electrons. The highest BCUT2D eigenvalue weighted by Crippen LogP contribution is 2.11. The van der Waals surface area contributed by atoms with Crippen molar-refractivity contribution in [1.82, 2.24) is 14.9 Å². The Kier molecular flexibility index (Phi) is 4.57. The average molecular weight is 289 g/mol. The lowest BCUT2D eigenvalue weighted by molar-refractivity contribution is -0.142. The number of fused-ring (bicyclic) bond motifs is 1. The summed E-state index contributed by atoms with van der Waals surface area (Å²) in [4.78, 5) is 27.4. The molecule has 1 unspecified atom stereocenters. The molecular formula is C15H19N3O3. The number of hydrogen-bond donors (Lipinski definition) is 2. The van der Waals surface area contributed by atoms with Crippen molar-refractivity contribution in [3.63, 3.8) is 0 Å². The smallest absolute Gasteiger partial charge is 0.326 e. The SMILES string of the molecule is CC(C)CC(NC(=O)Cn1cnc2ccccc21)C(=O)O. The van der Waals surface area contributed by atoms with Crippen LogP contribution in [0.5, 0.6) is 0 Å². The van der Waals surface area contributed by atoms with Crippen LogP contribution in [0.4, 0.5) is 0 Å². The van der Waals surface area contributed by atoms with Gasteiger partial charge >= 0.3 is 5.97 Å². The maximum absolute atomic E-state index is 12.0. The van der Waals surface area contributed by atoms with Crippen molar-refractivity contribution in [2.75, 3.05) is 0 Å². The van der Waals surface area contributed by atoms with E-state index < -0.39 is 12.0 Å². The van der Waals surface area contributed by atoms with Crippen molar-refractivity contribution in [3.8, 4) is 0 Å². The van der Waals surface area contributed by atoms with E-state index in [1.165, 1.54) is 0 Å². The Morgan fingerprint density at radius 2 is 2.05 bits per heavy atom. The molecule has 0 bridgehead atoms. The van der Waals surface area contributed by atoms with E-state index in [9.17, 15) is 9.59 Å². The van der Waals surface area contributed by atoms with Gasteiger partial charge < -0.3 is 15.0 Å². The molecule has 2 aromatic rings. The summed E-state index contributed by atoms with van der Waals surface area (Å²) in [5.74, 6) is -1.14. The molecule has 0 saturated carbocycles. The number of aliphatic carboxylic acids is 1. The van der Waals surface area contributed by atoms with Gasteiger partial charge in [0.05, 0.1) is 17.4 Å². The van der Waals surface area contributed by atoms with E-state index in [4.69, 9.17) is 5.11 Å². The first-order valence-corrected chi connectivity index (χ1v) is 6.89. The normalized spacial score (nSPS) is 12.5. The van der Waals surface area contributed by atoms with Crippen molar-refractivity contribution in [3.05, 3.63) is 30.6 Å². The molecule has 1 aromatic carbocycles. The van der Waals surface area contributed by atoms with Gasteiger partial charge in [0.2, 0.25) is 5.91 Å². The third kappa shape index (κ3) is 3.81. The lowest BCUT2D eigenvalue weighted by Crippen LogP contribution is -2.43. The van der Waals surface area contributed by atoms with Gasteiger partial charge in [0.15, 0.2) is 0 Å². The van der Waals surface area contributed by atoms with Gasteiger partial charge in [-0.15, -0.1) is 0 Å². The quantitative estimate of drug-likeness (QED) is 0.847. The van der Waals surface area contributed by atoms with Gasteiger partial charge in [-0.2, -0.15) is 0 Å².